The summed E-state index contributed by atoms with van der Waals surface area (Å²) in [5.74, 6) is 0.683. The normalized spacial score (nSPS) is 18.6. The minimum Gasteiger partial charge on any atom is -0.496 e. The van der Waals surface area contributed by atoms with Crippen LogP contribution < -0.4 is 14.8 Å². The zero-order valence-electron chi connectivity index (χ0n) is 11.4. The van der Waals surface area contributed by atoms with Crippen LogP contribution in [0, 0.1) is 0 Å². The van der Waals surface area contributed by atoms with E-state index in [-0.39, 0.29) is 18.6 Å². The van der Waals surface area contributed by atoms with E-state index in [4.69, 9.17) is 14.6 Å². The summed E-state index contributed by atoms with van der Waals surface area (Å²) >= 11 is 0. The Labute approximate surface area is 112 Å². The van der Waals surface area contributed by atoms with Crippen LogP contribution >= 0.6 is 0 Å². The molecule has 2 rings (SSSR count). The molecule has 1 aromatic carbocycles. The second-order valence-electron chi connectivity index (χ2n) is 4.77. The lowest BCUT2D eigenvalue weighted by Crippen LogP contribution is -2.20. The number of hydrogen-bond acceptors (Lipinski definition) is 4. The first-order valence-corrected chi connectivity index (χ1v) is 6.31. The second kappa shape index (κ2) is 5.48. The van der Waals surface area contributed by atoms with Crippen LogP contribution in [0.2, 0.25) is 0 Å². The number of nitrogens with one attached hydrogen (secondary N) is 1. The van der Waals surface area contributed by atoms with E-state index >= 15 is 0 Å². The van der Waals surface area contributed by atoms with Crippen LogP contribution in [0.15, 0.2) is 12.1 Å². The molecule has 0 fully saturated rings. The van der Waals surface area contributed by atoms with E-state index in [2.05, 4.69) is 5.32 Å². The molecule has 0 aromatic heterocycles. The second-order valence-corrected chi connectivity index (χ2v) is 4.77. The molecule has 0 bridgehead atoms. The zero-order valence-corrected chi connectivity index (χ0v) is 11.4. The number of fused-ring (bicyclic) bond motifs is 1. The van der Waals surface area contributed by atoms with E-state index in [0.29, 0.717) is 5.75 Å². The highest BCUT2D eigenvalue weighted by Crippen LogP contribution is 2.38. The topological polar surface area (TPSA) is 67.8 Å². The number of ether oxygens (including phenoxy) is 2. The summed E-state index contributed by atoms with van der Waals surface area (Å²) in [6.07, 6.45) is 1.01. The highest BCUT2D eigenvalue weighted by Gasteiger charge is 2.25. The van der Waals surface area contributed by atoms with E-state index in [1.54, 1.807) is 14.2 Å². The Morgan fingerprint density at radius 2 is 2.37 bits per heavy atom. The smallest absolute Gasteiger partial charge is 0.305 e. The first-order valence-electron chi connectivity index (χ1n) is 6.31. The Hall–Kier alpha value is -1.75. The Balaban J connectivity index is 2.38. The molecule has 2 N–H and O–H groups in total. The third kappa shape index (κ3) is 2.81. The highest BCUT2D eigenvalue weighted by molar-refractivity contribution is 5.68. The van der Waals surface area contributed by atoms with Crippen molar-refractivity contribution in [1.29, 1.82) is 0 Å². The fourth-order valence-corrected chi connectivity index (χ4v) is 2.45. The maximum absolute atomic E-state index is 10.9. The Morgan fingerprint density at radius 3 is 2.95 bits per heavy atom. The van der Waals surface area contributed by atoms with Crippen LogP contribution in [0.25, 0.3) is 0 Å². The van der Waals surface area contributed by atoms with Crippen molar-refractivity contribution in [3.8, 4) is 11.5 Å². The van der Waals surface area contributed by atoms with Gasteiger partial charge in [0, 0.05) is 23.6 Å². The number of carboxylic acid groups (broad SMARTS) is 1. The molecular weight excluding hydrogens is 246 g/mol. The van der Waals surface area contributed by atoms with E-state index in [9.17, 15) is 4.79 Å². The summed E-state index contributed by atoms with van der Waals surface area (Å²) in [5.41, 5.74) is 1.93. The van der Waals surface area contributed by atoms with Gasteiger partial charge >= 0.3 is 5.97 Å². The van der Waals surface area contributed by atoms with E-state index in [1.807, 2.05) is 19.1 Å². The third-order valence-corrected chi connectivity index (χ3v) is 3.35. The van der Waals surface area contributed by atoms with Crippen LogP contribution in [0.3, 0.4) is 0 Å². The highest BCUT2D eigenvalue weighted by atomic mass is 16.5. The maximum Gasteiger partial charge on any atom is 0.305 e. The number of rotatable bonds is 5. The van der Waals surface area contributed by atoms with Crippen LogP contribution in [0.4, 0.5) is 0 Å². The molecule has 0 spiro atoms. The Bertz CT molecular complexity index is 487. The quantitative estimate of drug-likeness (QED) is 0.849. The van der Waals surface area contributed by atoms with Gasteiger partial charge in [-0.3, -0.25) is 4.79 Å². The van der Waals surface area contributed by atoms with Crippen molar-refractivity contribution in [2.45, 2.75) is 31.9 Å². The van der Waals surface area contributed by atoms with Crippen LogP contribution in [-0.4, -0.2) is 31.3 Å². The predicted molar refractivity (Wildman–Crippen MR) is 70.8 cm³/mol. The van der Waals surface area contributed by atoms with E-state index < -0.39 is 5.97 Å². The first-order chi connectivity index (χ1) is 9.05. The van der Waals surface area contributed by atoms with Crippen molar-refractivity contribution in [1.82, 2.24) is 5.32 Å². The molecule has 19 heavy (non-hydrogen) atoms. The molecule has 1 aliphatic rings. The van der Waals surface area contributed by atoms with Gasteiger partial charge in [0.2, 0.25) is 0 Å². The summed E-state index contributed by atoms with van der Waals surface area (Å²) < 4.78 is 11.1. The third-order valence-electron chi connectivity index (χ3n) is 3.35. The van der Waals surface area contributed by atoms with Crippen molar-refractivity contribution in [3.63, 3.8) is 0 Å². The van der Waals surface area contributed by atoms with Crippen molar-refractivity contribution in [2.24, 2.45) is 0 Å². The molecule has 2 unspecified atom stereocenters. The lowest BCUT2D eigenvalue weighted by Gasteiger charge is -2.18. The van der Waals surface area contributed by atoms with Crippen LogP contribution in [0.1, 0.15) is 30.5 Å². The molecular formula is C14H19NO4. The number of hydrogen-bond donors (Lipinski definition) is 2. The van der Waals surface area contributed by atoms with Gasteiger partial charge in [-0.05, 0) is 26.1 Å². The molecule has 1 aliphatic heterocycles. The zero-order chi connectivity index (χ0) is 14.0. The standard InChI is InChI=1S/C14H19NO4/c1-8-4-9-5-13(18-3)10(6-12(9)19-8)11(15-2)7-14(16)17/h5-6,8,11,15H,4,7H2,1-3H3,(H,16,17). The maximum atomic E-state index is 10.9. The molecule has 104 valence electrons. The number of aliphatic carboxylic acids is 1. The summed E-state index contributed by atoms with van der Waals surface area (Å²) in [7, 11) is 3.34. The molecule has 0 amide bonds. The first kappa shape index (κ1) is 13.7. The number of carboxylic acids is 1. The molecule has 5 nitrogen and oxygen atoms in total. The van der Waals surface area contributed by atoms with E-state index in [1.165, 1.54) is 0 Å². The summed E-state index contributed by atoms with van der Waals surface area (Å²) in [5, 5.41) is 12.0. The minimum atomic E-state index is -0.851. The molecule has 2 atom stereocenters. The number of carbonyl (C=O) groups is 1. The predicted octanol–water partition coefficient (Wildman–Crippen LogP) is 1.75. The monoisotopic (exact) mass is 265 g/mol. The Morgan fingerprint density at radius 1 is 1.63 bits per heavy atom. The summed E-state index contributed by atoms with van der Waals surface area (Å²) in [6.45, 7) is 2.01. The summed E-state index contributed by atoms with van der Waals surface area (Å²) in [6, 6.07) is 3.54. The van der Waals surface area contributed by atoms with Crippen molar-refractivity contribution in [2.75, 3.05) is 14.2 Å². The number of methoxy groups -OCH3 is 1. The molecule has 5 heteroatoms. The SMILES string of the molecule is CNC(CC(=O)O)c1cc2c(cc1OC)CC(C)O2. The average molecular weight is 265 g/mol. The van der Waals surface area contributed by atoms with Gasteiger partial charge < -0.3 is 19.9 Å². The van der Waals surface area contributed by atoms with Gasteiger partial charge in [0.1, 0.15) is 17.6 Å². The van der Waals surface area contributed by atoms with Gasteiger partial charge in [-0.2, -0.15) is 0 Å². The number of benzene rings is 1. The molecule has 1 aromatic rings. The van der Waals surface area contributed by atoms with Gasteiger partial charge in [-0.1, -0.05) is 0 Å². The van der Waals surface area contributed by atoms with Crippen molar-refractivity contribution >= 4 is 5.97 Å². The molecule has 0 saturated carbocycles. The van der Waals surface area contributed by atoms with Gasteiger partial charge in [0.05, 0.1) is 13.5 Å². The summed E-state index contributed by atoms with van der Waals surface area (Å²) in [4.78, 5) is 10.9. The largest absolute Gasteiger partial charge is 0.496 e. The molecule has 0 aliphatic carbocycles. The van der Waals surface area contributed by atoms with Crippen molar-refractivity contribution < 1.29 is 19.4 Å². The Kier molecular flexibility index (Phi) is 3.95. The molecule has 1 heterocycles. The van der Waals surface area contributed by atoms with Gasteiger partial charge in [-0.25, -0.2) is 0 Å². The van der Waals surface area contributed by atoms with Crippen LogP contribution in [0.5, 0.6) is 11.5 Å². The molecule has 0 saturated heterocycles. The minimum absolute atomic E-state index is 0.00119. The molecule has 0 radical (unpaired) electrons. The average Bonchev–Trinajstić information content (AvgIpc) is 2.73. The van der Waals surface area contributed by atoms with Gasteiger partial charge in [0.25, 0.3) is 0 Å². The van der Waals surface area contributed by atoms with Crippen molar-refractivity contribution in [3.05, 3.63) is 23.3 Å². The fourth-order valence-electron chi connectivity index (χ4n) is 2.45. The van der Waals surface area contributed by atoms with Gasteiger partial charge in [-0.15, -0.1) is 0 Å². The fraction of sp³-hybridized carbons (Fsp3) is 0.500. The lowest BCUT2D eigenvalue weighted by molar-refractivity contribution is -0.137. The van der Waals surface area contributed by atoms with Gasteiger partial charge in [0.15, 0.2) is 0 Å². The lowest BCUT2D eigenvalue weighted by atomic mass is 9.99. The van der Waals surface area contributed by atoms with E-state index in [0.717, 1.165) is 23.3 Å². The van der Waals surface area contributed by atoms with Crippen LogP contribution in [-0.2, 0) is 11.2 Å².